The van der Waals surface area contributed by atoms with Crippen molar-refractivity contribution >= 4 is 5.97 Å². The smallest absolute Gasteiger partial charge is 0.309 e. The zero-order valence-corrected chi connectivity index (χ0v) is 5.95. The Morgan fingerprint density at radius 3 is 3.27 bits per heavy atom. The first kappa shape index (κ1) is 5.14. The Morgan fingerprint density at radius 2 is 2.45 bits per heavy atom. The van der Waals surface area contributed by atoms with Gasteiger partial charge in [-0.15, -0.1) is 0 Å². The van der Waals surface area contributed by atoms with Gasteiger partial charge in [0.25, 0.3) is 0 Å². The average Bonchev–Trinajstić information content (AvgIpc) is 2.47. The number of ether oxygens (including phenoxy) is 2. The second kappa shape index (κ2) is 1.12. The van der Waals surface area contributed by atoms with Crippen LogP contribution in [0.15, 0.2) is 0 Å². The zero-order valence-electron chi connectivity index (χ0n) is 5.95. The predicted octanol–water partition coefficient (Wildman–Crippen LogP) is 0.0892. The second-order valence-electron chi connectivity index (χ2n) is 4.11. The van der Waals surface area contributed by atoms with E-state index in [9.17, 15) is 4.79 Å². The van der Waals surface area contributed by atoms with Gasteiger partial charge in [0, 0.05) is 12.3 Å². The number of carbonyl (C=O) groups excluding carboxylic acids is 1. The lowest BCUT2D eigenvalue weighted by molar-refractivity contribution is -0.146. The molecule has 2 aliphatic heterocycles. The number of hydrogen-bond donors (Lipinski definition) is 0. The van der Waals surface area contributed by atoms with E-state index in [0.29, 0.717) is 12.0 Å². The molecule has 0 aromatic carbocycles. The van der Waals surface area contributed by atoms with Gasteiger partial charge in [0.05, 0.1) is 12.0 Å². The molecule has 2 saturated carbocycles. The van der Waals surface area contributed by atoms with E-state index in [2.05, 4.69) is 0 Å². The Morgan fingerprint density at radius 1 is 1.55 bits per heavy atom. The lowest BCUT2D eigenvalue weighted by atomic mass is 9.70. The van der Waals surface area contributed by atoms with Crippen LogP contribution in [-0.4, -0.2) is 23.8 Å². The van der Waals surface area contributed by atoms with Crippen LogP contribution < -0.4 is 0 Å². The van der Waals surface area contributed by atoms with E-state index in [0.717, 1.165) is 12.8 Å². The molecule has 0 N–H and O–H groups in total. The molecule has 5 unspecified atom stereocenters. The molecule has 2 aliphatic carbocycles. The molecule has 1 spiro atoms. The van der Waals surface area contributed by atoms with E-state index in [1.807, 2.05) is 0 Å². The number of esters is 1. The molecular formula is C8H8O3. The van der Waals surface area contributed by atoms with Gasteiger partial charge in [0.15, 0.2) is 0 Å². The molecule has 4 aliphatic rings. The lowest BCUT2D eigenvalue weighted by Gasteiger charge is -2.34. The van der Waals surface area contributed by atoms with Crippen molar-refractivity contribution in [2.75, 3.05) is 0 Å². The van der Waals surface area contributed by atoms with Crippen LogP contribution in [-0.2, 0) is 14.3 Å². The second-order valence-corrected chi connectivity index (χ2v) is 4.11. The highest BCUT2D eigenvalue weighted by Gasteiger charge is 2.81. The highest BCUT2D eigenvalue weighted by molar-refractivity contribution is 5.78. The predicted molar refractivity (Wildman–Crippen MR) is 33.7 cm³/mol. The first-order chi connectivity index (χ1) is 5.31. The number of rotatable bonds is 0. The molecule has 5 atom stereocenters. The van der Waals surface area contributed by atoms with Crippen LogP contribution in [0.1, 0.15) is 12.8 Å². The Balaban J connectivity index is 1.87. The molecule has 0 aromatic heterocycles. The van der Waals surface area contributed by atoms with Gasteiger partial charge in [-0.25, -0.2) is 0 Å². The lowest BCUT2D eigenvalue weighted by Crippen LogP contribution is -2.46. The molecule has 4 rings (SSSR count). The molecule has 0 aromatic rings. The minimum atomic E-state index is 0.0349. The molecule has 3 heteroatoms. The Kier molecular flexibility index (Phi) is 0.525. The van der Waals surface area contributed by atoms with Gasteiger partial charge < -0.3 is 9.47 Å². The average molecular weight is 152 g/mol. The maximum Gasteiger partial charge on any atom is 0.309 e. The van der Waals surface area contributed by atoms with Crippen molar-refractivity contribution < 1.29 is 14.3 Å². The molecule has 0 amide bonds. The summed E-state index contributed by atoms with van der Waals surface area (Å²) in [5.74, 6) is 0.681. The maximum atomic E-state index is 11.2. The van der Waals surface area contributed by atoms with Crippen LogP contribution in [0, 0.1) is 11.8 Å². The molecule has 2 saturated heterocycles. The number of epoxide rings is 1. The summed E-state index contributed by atoms with van der Waals surface area (Å²) in [6.07, 6.45) is 2.55. The van der Waals surface area contributed by atoms with Gasteiger partial charge in [-0.1, -0.05) is 0 Å². The zero-order chi connectivity index (χ0) is 7.22. The van der Waals surface area contributed by atoms with Crippen molar-refractivity contribution in [1.82, 2.24) is 0 Å². The van der Waals surface area contributed by atoms with E-state index in [-0.39, 0.29) is 23.6 Å². The third-order valence-corrected chi connectivity index (χ3v) is 3.81. The van der Waals surface area contributed by atoms with Crippen molar-refractivity contribution in [3.8, 4) is 0 Å². The summed E-state index contributed by atoms with van der Waals surface area (Å²) in [4.78, 5) is 11.2. The van der Waals surface area contributed by atoms with Crippen LogP contribution >= 0.6 is 0 Å². The summed E-state index contributed by atoms with van der Waals surface area (Å²) >= 11 is 0. The fourth-order valence-electron chi connectivity index (χ4n) is 3.25. The number of carbonyl (C=O) groups is 1. The summed E-state index contributed by atoms with van der Waals surface area (Å²) in [6.45, 7) is 0. The Labute approximate surface area is 63.7 Å². The first-order valence-corrected chi connectivity index (χ1v) is 4.19. The van der Waals surface area contributed by atoms with Crippen LogP contribution in [0.5, 0.6) is 0 Å². The van der Waals surface area contributed by atoms with E-state index >= 15 is 0 Å². The molecule has 0 radical (unpaired) electrons. The Bertz CT molecular complexity index is 275. The fraction of sp³-hybridized carbons (Fsp3) is 0.875. The topological polar surface area (TPSA) is 38.8 Å². The van der Waals surface area contributed by atoms with E-state index < -0.39 is 0 Å². The summed E-state index contributed by atoms with van der Waals surface area (Å²) in [5.41, 5.74) is 0.140. The summed E-state index contributed by atoms with van der Waals surface area (Å²) < 4.78 is 10.7. The molecule has 58 valence electrons. The largest absolute Gasteiger partial charge is 0.462 e. The summed E-state index contributed by atoms with van der Waals surface area (Å²) in [5, 5.41) is 0. The van der Waals surface area contributed by atoms with Gasteiger partial charge in [-0.2, -0.15) is 0 Å². The van der Waals surface area contributed by atoms with E-state index in [1.54, 1.807) is 0 Å². The molecule has 3 nitrogen and oxygen atoms in total. The normalized spacial score (nSPS) is 68.2. The molecule has 4 fully saturated rings. The fourth-order valence-corrected chi connectivity index (χ4v) is 3.25. The van der Waals surface area contributed by atoms with Crippen molar-refractivity contribution in [2.45, 2.75) is 30.7 Å². The third-order valence-electron chi connectivity index (χ3n) is 3.81. The van der Waals surface area contributed by atoms with Crippen molar-refractivity contribution in [1.29, 1.82) is 0 Å². The van der Waals surface area contributed by atoms with Crippen LogP contribution in [0.25, 0.3) is 0 Å². The highest BCUT2D eigenvalue weighted by atomic mass is 16.6. The highest BCUT2D eigenvalue weighted by Crippen LogP contribution is 2.70. The molecule has 11 heavy (non-hydrogen) atoms. The van der Waals surface area contributed by atoms with Crippen molar-refractivity contribution in [3.05, 3.63) is 0 Å². The van der Waals surface area contributed by atoms with Crippen molar-refractivity contribution in [3.63, 3.8) is 0 Å². The van der Waals surface area contributed by atoms with Crippen LogP contribution in [0.2, 0.25) is 0 Å². The maximum absolute atomic E-state index is 11.2. The quantitative estimate of drug-likeness (QED) is 0.364. The van der Waals surface area contributed by atoms with Gasteiger partial charge in [0.2, 0.25) is 0 Å². The summed E-state index contributed by atoms with van der Waals surface area (Å²) in [7, 11) is 0. The van der Waals surface area contributed by atoms with E-state index in [1.165, 1.54) is 0 Å². The van der Waals surface area contributed by atoms with Crippen molar-refractivity contribution in [2.24, 2.45) is 11.8 Å². The van der Waals surface area contributed by atoms with Crippen LogP contribution in [0.3, 0.4) is 0 Å². The van der Waals surface area contributed by atoms with Gasteiger partial charge in [-0.3, -0.25) is 4.79 Å². The minimum Gasteiger partial charge on any atom is -0.462 e. The third kappa shape index (κ3) is 0.335. The van der Waals surface area contributed by atoms with Crippen LogP contribution in [0.4, 0.5) is 0 Å². The van der Waals surface area contributed by atoms with Gasteiger partial charge in [-0.05, 0) is 6.42 Å². The molecule has 2 heterocycles. The minimum absolute atomic E-state index is 0.0349. The van der Waals surface area contributed by atoms with Gasteiger partial charge >= 0.3 is 5.97 Å². The monoisotopic (exact) mass is 152 g/mol. The SMILES string of the molecule is O=C1OC2CC34OC3CC1C24. The summed E-state index contributed by atoms with van der Waals surface area (Å²) in [6, 6.07) is 0. The molecular weight excluding hydrogens is 144 g/mol. The van der Waals surface area contributed by atoms with E-state index in [4.69, 9.17) is 9.47 Å². The Hall–Kier alpha value is -0.570. The van der Waals surface area contributed by atoms with Gasteiger partial charge in [0.1, 0.15) is 11.7 Å². The molecule has 0 bridgehead atoms. The number of hydrogen-bond acceptors (Lipinski definition) is 3. The standard InChI is InChI=1S/C8H8O3/c9-7-3-1-5-8(11-5)2-4(10-7)6(3)8/h3-6H,1-2H2. The first-order valence-electron chi connectivity index (χ1n) is 4.19.